The lowest BCUT2D eigenvalue weighted by molar-refractivity contribution is -0.00978. The molecule has 0 aliphatic carbocycles. The van der Waals surface area contributed by atoms with E-state index in [1.54, 1.807) is 7.11 Å². The largest absolute Gasteiger partial charge is 0.491 e. The highest BCUT2D eigenvalue weighted by Crippen LogP contribution is 2.31. The summed E-state index contributed by atoms with van der Waals surface area (Å²) in [5.41, 5.74) is 5.84. The van der Waals surface area contributed by atoms with Crippen LogP contribution in [0.3, 0.4) is 0 Å². The summed E-state index contributed by atoms with van der Waals surface area (Å²) in [5, 5.41) is 3.22. The number of hydrogen-bond acceptors (Lipinski definition) is 7. The molecule has 7 heteroatoms. The number of rotatable bonds is 18. The van der Waals surface area contributed by atoms with E-state index in [1.807, 2.05) is 13.1 Å². The molecule has 0 radical (unpaired) electrons. The van der Waals surface area contributed by atoms with Crippen molar-refractivity contribution in [3.63, 3.8) is 0 Å². The van der Waals surface area contributed by atoms with Crippen molar-refractivity contribution in [3.05, 3.63) is 47.5 Å². The molecule has 0 aliphatic rings. The van der Waals surface area contributed by atoms with Crippen molar-refractivity contribution < 1.29 is 28.4 Å². The number of aryl methyl sites for hydroxylation is 2. The Bertz CT molecular complexity index is 798. The normalized spacial score (nSPS) is 11.0. The maximum atomic E-state index is 5.94. The number of nitrogens with one attached hydrogen (secondary N) is 1. The molecule has 0 aromatic heterocycles. The minimum absolute atomic E-state index is 0.478. The van der Waals surface area contributed by atoms with Crippen molar-refractivity contribution in [3.8, 4) is 16.9 Å². The Balaban J connectivity index is 1.60. The second kappa shape index (κ2) is 16.5. The standard InChI is InChI=1S/C26H39NO6/c1-21-5-6-22(2)26(17-21)23-18-24(27-3)20-25(19-23)33-16-15-32-14-13-31-12-11-30-10-9-29-8-7-28-4/h5-6,17-20,27H,7-16H2,1-4H3. The summed E-state index contributed by atoms with van der Waals surface area (Å²) in [6, 6.07) is 12.7. The van der Waals surface area contributed by atoms with Gasteiger partial charge in [0.2, 0.25) is 0 Å². The lowest BCUT2D eigenvalue weighted by Crippen LogP contribution is -2.14. The van der Waals surface area contributed by atoms with E-state index in [4.69, 9.17) is 28.4 Å². The zero-order valence-electron chi connectivity index (χ0n) is 20.5. The predicted octanol–water partition coefficient (Wildman–Crippen LogP) is 4.10. The fraction of sp³-hybridized carbons (Fsp3) is 0.538. The van der Waals surface area contributed by atoms with Gasteiger partial charge in [0.15, 0.2) is 0 Å². The molecule has 0 heterocycles. The lowest BCUT2D eigenvalue weighted by Gasteiger charge is -2.13. The highest BCUT2D eigenvalue weighted by molar-refractivity contribution is 5.73. The molecule has 0 unspecified atom stereocenters. The van der Waals surface area contributed by atoms with Gasteiger partial charge in [0.25, 0.3) is 0 Å². The van der Waals surface area contributed by atoms with E-state index in [1.165, 1.54) is 16.7 Å². The second-order valence-electron chi connectivity index (χ2n) is 7.61. The lowest BCUT2D eigenvalue weighted by atomic mass is 9.98. The van der Waals surface area contributed by atoms with Crippen LogP contribution in [0.4, 0.5) is 5.69 Å². The van der Waals surface area contributed by atoms with E-state index in [9.17, 15) is 0 Å². The zero-order chi connectivity index (χ0) is 23.7. The van der Waals surface area contributed by atoms with E-state index >= 15 is 0 Å². The summed E-state index contributed by atoms with van der Waals surface area (Å²) in [6.07, 6.45) is 0. The first-order valence-electron chi connectivity index (χ1n) is 11.5. The summed E-state index contributed by atoms with van der Waals surface area (Å²) in [5.74, 6) is 0.820. The molecule has 0 saturated heterocycles. The highest BCUT2D eigenvalue weighted by atomic mass is 16.6. The van der Waals surface area contributed by atoms with Gasteiger partial charge < -0.3 is 33.7 Å². The smallest absolute Gasteiger partial charge is 0.122 e. The van der Waals surface area contributed by atoms with Crippen LogP contribution in [0.1, 0.15) is 11.1 Å². The van der Waals surface area contributed by atoms with Gasteiger partial charge in [-0.15, -0.1) is 0 Å². The molecule has 7 nitrogen and oxygen atoms in total. The minimum Gasteiger partial charge on any atom is -0.491 e. The molecular weight excluding hydrogens is 422 g/mol. The molecule has 0 bridgehead atoms. The first-order chi connectivity index (χ1) is 16.1. The first-order valence-corrected chi connectivity index (χ1v) is 11.5. The molecule has 0 amide bonds. The van der Waals surface area contributed by atoms with Crippen molar-refractivity contribution in [2.45, 2.75) is 13.8 Å². The summed E-state index contributed by atoms with van der Waals surface area (Å²) >= 11 is 0. The molecule has 0 aliphatic heterocycles. The van der Waals surface area contributed by atoms with Gasteiger partial charge in [-0.3, -0.25) is 0 Å². The van der Waals surface area contributed by atoms with Crippen LogP contribution in [0.5, 0.6) is 5.75 Å². The average molecular weight is 462 g/mol. The Morgan fingerprint density at radius 1 is 0.667 bits per heavy atom. The monoisotopic (exact) mass is 461 g/mol. The maximum absolute atomic E-state index is 5.94. The number of benzene rings is 2. The van der Waals surface area contributed by atoms with Crippen LogP contribution >= 0.6 is 0 Å². The molecule has 0 saturated carbocycles. The van der Waals surface area contributed by atoms with Gasteiger partial charge in [-0.1, -0.05) is 23.8 Å². The Morgan fingerprint density at radius 3 is 1.82 bits per heavy atom. The number of ether oxygens (including phenoxy) is 6. The molecule has 0 fully saturated rings. The average Bonchev–Trinajstić information content (AvgIpc) is 2.82. The highest BCUT2D eigenvalue weighted by Gasteiger charge is 2.07. The number of hydrogen-bond donors (Lipinski definition) is 1. The predicted molar refractivity (Wildman–Crippen MR) is 132 cm³/mol. The van der Waals surface area contributed by atoms with Crippen molar-refractivity contribution in [1.82, 2.24) is 0 Å². The molecule has 0 atom stereocenters. The third-order valence-corrected chi connectivity index (χ3v) is 4.94. The molecular formula is C26H39NO6. The Kier molecular flexibility index (Phi) is 13.5. The maximum Gasteiger partial charge on any atom is 0.122 e. The SMILES string of the molecule is CNc1cc(OCCOCCOCCOCCOCCOC)cc(-c2cc(C)ccc2C)c1. The first kappa shape index (κ1) is 27.1. The molecule has 0 spiro atoms. The van der Waals surface area contributed by atoms with E-state index < -0.39 is 0 Å². The Morgan fingerprint density at radius 2 is 1.24 bits per heavy atom. The number of anilines is 1. The summed E-state index contributed by atoms with van der Waals surface area (Å²) in [7, 11) is 3.57. The van der Waals surface area contributed by atoms with E-state index in [0.29, 0.717) is 66.1 Å². The topological polar surface area (TPSA) is 67.4 Å². The van der Waals surface area contributed by atoms with E-state index in [2.05, 4.69) is 49.5 Å². The molecule has 2 aromatic rings. The van der Waals surface area contributed by atoms with Crippen LogP contribution in [-0.4, -0.2) is 80.2 Å². The third-order valence-electron chi connectivity index (χ3n) is 4.94. The van der Waals surface area contributed by atoms with Gasteiger partial charge in [-0.25, -0.2) is 0 Å². The van der Waals surface area contributed by atoms with Crippen LogP contribution in [0.25, 0.3) is 11.1 Å². The zero-order valence-corrected chi connectivity index (χ0v) is 20.5. The second-order valence-corrected chi connectivity index (χ2v) is 7.61. The van der Waals surface area contributed by atoms with E-state index in [0.717, 1.165) is 17.0 Å². The van der Waals surface area contributed by atoms with Gasteiger partial charge >= 0.3 is 0 Å². The van der Waals surface area contributed by atoms with Crippen molar-refractivity contribution in [2.24, 2.45) is 0 Å². The van der Waals surface area contributed by atoms with Crippen LogP contribution in [0.2, 0.25) is 0 Å². The fourth-order valence-corrected chi connectivity index (χ4v) is 3.15. The van der Waals surface area contributed by atoms with Crippen molar-refractivity contribution >= 4 is 5.69 Å². The molecule has 1 N–H and O–H groups in total. The third kappa shape index (κ3) is 11.0. The molecule has 2 rings (SSSR count). The van der Waals surface area contributed by atoms with Crippen molar-refractivity contribution in [1.29, 1.82) is 0 Å². The molecule has 2 aromatic carbocycles. The summed E-state index contributed by atoms with van der Waals surface area (Å²) < 4.78 is 32.7. The fourth-order valence-electron chi connectivity index (χ4n) is 3.15. The molecule has 184 valence electrons. The van der Waals surface area contributed by atoms with Crippen molar-refractivity contribution in [2.75, 3.05) is 85.5 Å². The Hall–Kier alpha value is -2.16. The van der Waals surface area contributed by atoms with Gasteiger partial charge in [0.1, 0.15) is 12.4 Å². The van der Waals surface area contributed by atoms with Gasteiger partial charge in [-0.2, -0.15) is 0 Å². The van der Waals surface area contributed by atoms with Crippen LogP contribution in [-0.2, 0) is 23.7 Å². The Labute approximate surface area is 198 Å². The quantitative estimate of drug-likeness (QED) is 0.335. The van der Waals surface area contributed by atoms with Crippen LogP contribution in [0, 0.1) is 13.8 Å². The minimum atomic E-state index is 0.478. The van der Waals surface area contributed by atoms with Crippen LogP contribution < -0.4 is 10.1 Å². The molecule has 33 heavy (non-hydrogen) atoms. The van der Waals surface area contributed by atoms with E-state index in [-0.39, 0.29) is 0 Å². The van der Waals surface area contributed by atoms with Gasteiger partial charge in [0.05, 0.1) is 59.5 Å². The van der Waals surface area contributed by atoms with Gasteiger partial charge in [0, 0.05) is 25.9 Å². The number of methoxy groups -OCH3 is 1. The van der Waals surface area contributed by atoms with Gasteiger partial charge in [-0.05, 0) is 42.7 Å². The van der Waals surface area contributed by atoms with Crippen LogP contribution in [0.15, 0.2) is 36.4 Å². The summed E-state index contributed by atoms with van der Waals surface area (Å²) in [4.78, 5) is 0. The summed E-state index contributed by atoms with van der Waals surface area (Å²) in [6.45, 7) is 9.66.